The fourth-order valence-corrected chi connectivity index (χ4v) is 9.75. The number of hydrogen-bond donors (Lipinski definition) is 0. The maximum absolute atomic E-state index is 4.08. The molecule has 0 bridgehead atoms. The average Bonchev–Trinajstić information content (AvgIpc) is 3.54. The van der Waals surface area contributed by atoms with Crippen molar-refractivity contribution in [1.82, 2.24) is 0 Å². The molecule has 0 nitrogen and oxygen atoms in total. The first-order chi connectivity index (χ1) is 22.1. The topological polar surface area (TPSA) is 0 Å². The second-order valence-electron chi connectivity index (χ2n) is 12.9. The quantitative estimate of drug-likeness (QED) is 0.171. The Morgan fingerprint density at radius 1 is 0.422 bits per heavy atom. The van der Waals surface area contributed by atoms with Gasteiger partial charge in [0.15, 0.2) is 0 Å². The summed E-state index contributed by atoms with van der Waals surface area (Å²) in [5, 5.41) is 0. The highest BCUT2D eigenvalue weighted by atomic mass is 79.9. The lowest BCUT2D eigenvalue weighted by Gasteiger charge is -2.31. The molecule has 6 aromatic carbocycles. The molecule has 0 saturated heterocycles. The van der Waals surface area contributed by atoms with E-state index in [1.54, 1.807) is 0 Å². The summed E-state index contributed by atoms with van der Waals surface area (Å²) in [6.07, 6.45) is 6.76. The lowest BCUT2D eigenvalue weighted by Crippen LogP contribution is -2.26. The van der Waals surface area contributed by atoms with Crippen LogP contribution in [0.2, 0.25) is 0 Å². The lowest BCUT2D eigenvalue weighted by molar-refractivity contribution is 0.443. The van der Waals surface area contributed by atoms with Gasteiger partial charge in [-0.05, 0) is 115 Å². The Morgan fingerprint density at radius 2 is 0.911 bits per heavy atom. The van der Waals surface area contributed by atoms with Gasteiger partial charge in [-0.2, -0.15) is 0 Å². The highest BCUT2D eigenvalue weighted by Crippen LogP contribution is 2.64. The van der Waals surface area contributed by atoms with Gasteiger partial charge in [-0.15, -0.1) is 0 Å². The minimum Gasteiger partial charge on any atom is -0.0622 e. The normalized spacial score (nSPS) is 18.0. The predicted octanol–water partition coefficient (Wildman–Crippen LogP) is 12.9. The van der Waals surface area contributed by atoms with Gasteiger partial charge in [0.05, 0.1) is 5.41 Å². The zero-order chi connectivity index (χ0) is 30.1. The van der Waals surface area contributed by atoms with Crippen molar-refractivity contribution in [1.29, 1.82) is 0 Å². The number of hydrogen-bond acceptors (Lipinski definition) is 0. The van der Waals surface area contributed by atoms with Crippen LogP contribution in [0.3, 0.4) is 0 Å². The third-order valence-corrected chi connectivity index (χ3v) is 12.0. The first-order valence-corrected chi connectivity index (χ1v) is 17.8. The van der Waals surface area contributed by atoms with E-state index < -0.39 is 0 Å². The first-order valence-electron chi connectivity index (χ1n) is 16.2. The largest absolute Gasteiger partial charge is 0.0726 e. The SMILES string of the molecule is Brc1cc2c(cc1-c1ccccc1)-c1ccccc1C21c2ccccc2-c2cc(-c3ccc(C4CCCCC4)cc3)c(Br)cc21. The number of benzene rings is 6. The van der Waals surface area contributed by atoms with Crippen molar-refractivity contribution < 1.29 is 0 Å². The number of fused-ring (bicyclic) bond motifs is 10. The van der Waals surface area contributed by atoms with E-state index in [2.05, 4.69) is 159 Å². The molecular weight excluding hydrogens is 676 g/mol. The third-order valence-electron chi connectivity index (χ3n) is 10.6. The molecule has 0 N–H and O–H groups in total. The summed E-state index contributed by atoms with van der Waals surface area (Å²) in [5.41, 5.74) is 16.8. The molecule has 1 unspecified atom stereocenters. The first kappa shape index (κ1) is 27.6. The van der Waals surface area contributed by atoms with Crippen molar-refractivity contribution in [3.63, 3.8) is 0 Å². The van der Waals surface area contributed by atoms with Crippen LogP contribution in [0.15, 0.2) is 136 Å². The molecule has 1 fully saturated rings. The summed E-state index contributed by atoms with van der Waals surface area (Å²) in [6.45, 7) is 0. The van der Waals surface area contributed by atoms with Crippen LogP contribution in [0.1, 0.15) is 65.8 Å². The van der Waals surface area contributed by atoms with Crippen LogP contribution in [0.25, 0.3) is 44.5 Å². The fourth-order valence-electron chi connectivity index (χ4n) is 8.60. The molecule has 0 aliphatic heterocycles. The summed E-state index contributed by atoms with van der Waals surface area (Å²) in [7, 11) is 0. The molecule has 3 aliphatic carbocycles. The van der Waals surface area contributed by atoms with E-state index in [4.69, 9.17) is 0 Å². The van der Waals surface area contributed by atoms with Gasteiger partial charge in [0, 0.05) is 8.95 Å². The third kappa shape index (κ3) is 4.08. The molecule has 3 aliphatic rings. The predicted molar refractivity (Wildman–Crippen MR) is 195 cm³/mol. The molecular formula is C43H32Br2. The zero-order valence-corrected chi connectivity index (χ0v) is 28.2. The van der Waals surface area contributed by atoms with Gasteiger partial charge >= 0.3 is 0 Å². The second-order valence-corrected chi connectivity index (χ2v) is 14.6. The average molecular weight is 709 g/mol. The smallest absolute Gasteiger partial charge is 0.0622 e. The molecule has 1 atom stereocenters. The lowest BCUT2D eigenvalue weighted by atomic mass is 9.70. The maximum atomic E-state index is 4.08. The Kier molecular flexibility index (Phi) is 6.55. The molecule has 9 rings (SSSR count). The van der Waals surface area contributed by atoms with Gasteiger partial charge in [-0.1, -0.05) is 154 Å². The van der Waals surface area contributed by atoms with Crippen LogP contribution in [0.5, 0.6) is 0 Å². The molecule has 0 radical (unpaired) electrons. The van der Waals surface area contributed by atoms with Crippen molar-refractivity contribution in [2.45, 2.75) is 43.4 Å². The number of rotatable bonds is 3. The standard InChI is InChI=1S/C43H32Br2/c44-41-25-39-35(23-33(41)29-13-5-2-6-14-29)31-15-7-9-17-37(31)43(39)38-18-10-8-16-32(38)36-24-34(42(45)26-40(36)43)30-21-19-28(20-22-30)27-11-3-1-4-12-27/h2,5-10,13-27H,1,3-4,11-12H2. The molecule has 0 heterocycles. The van der Waals surface area contributed by atoms with E-state index >= 15 is 0 Å². The van der Waals surface area contributed by atoms with Crippen molar-refractivity contribution >= 4 is 31.9 Å². The zero-order valence-electron chi connectivity index (χ0n) is 25.0. The van der Waals surface area contributed by atoms with Crippen LogP contribution in [-0.2, 0) is 5.41 Å². The number of halogens is 2. The van der Waals surface area contributed by atoms with Gasteiger partial charge < -0.3 is 0 Å². The van der Waals surface area contributed by atoms with E-state index in [1.165, 1.54) is 104 Å². The highest BCUT2D eigenvalue weighted by molar-refractivity contribution is 9.11. The minimum atomic E-state index is -0.387. The Bertz CT molecular complexity index is 2100. The van der Waals surface area contributed by atoms with Gasteiger partial charge in [-0.25, -0.2) is 0 Å². The monoisotopic (exact) mass is 706 g/mol. The van der Waals surface area contributed by atoms with Crippen LogP contribution >= 0.6 is 31.9 Å². The van der Waals surface area contributed by atoms with Crippen LogP contribution in [0.4, 0.5) is 0 Å². The summed E-state index contributed by atoms with van der Waals surface area (Å²) in [6, 6.07) is 47.9. The molecule has 0 aromatic heterocycles. The van der Waals surface area contributed by atoms with Crippen molar-refractivity contribution in [3.8, 4) is 44.5 Å². The molecule has 1 spiro atoms. The van der Waals surface area contributed by atoms with Crippen LogP contribution < -0.4 is 0 Å². The van der Waals surface area contributed by atoms with Crippen LogP contribution in [-0.4, -0.2) is 0 Å². The molecule has 1 saturated carbocycles. The molecule has 218 valence electrons. The molecule has 6 aromatic rings. The van der Waals surface area contributed by atoms with E-state index in [1.807, 2.05) is 0 Å². The van der Waals surface area contributed by atoms with Crippen molar-refractivity contribution in [2.75, 3.05) is 0 Å². The van der Waals surface area contributed by atoms with Crippen LogP contribution in [0, 0.1) is 0 Å². The minimum absolute atomic E-state index is 0.387. The Morgan fingerprint density at radius 3 is 1.47 bits per heavy atom. The van der Waals surface area contributed by atoms with E-state index in [0.29, 0.717) is 5.92 Å². The maximum Gasteiger partial charge on any atom is 0.0726 e. The summed E-state index contributed by atoms with van der Waals surface area (Å²) < 4.78 is 2.27. The van der Waals surface area contributed by atoms with E-state index in [9.17, 15) is 0 Å². The van der Waals surface area contributed by atoms with Gasteiger partial charge in [0.25, 0.3) is 0 Å². The highest BCUT2D eigenvalue weighted by Gasteiger charge is 2.52. The van der Waals surface area contributed by atoms with Gasteiger partial charge in [0.2, 0.25) is 0 Å². The van der Waals surface area contributed by atoms with Crippen molar-refractivity contribution in [2.24, 2.45) is 0 Å². The second kappa shape index (κ2) is 10.7. The van der Waals surface area contributed by atoms with E-state index in [0.717, 1.165) is 8.95 Å². The summed E-state index contributed by atoms with van der Waals surface area (Å²) >= 11 is 8.11. The van der Waals surface area contributed by atoms with E-state index in [-0.39, 0.29) is 5.41 Å². The van der Waals surface area contributed by atoms with Gasteiger partial charge in [-0.3, -0.25) is 0 Å². The fraction of sp³-hybridized carbons (Fsp3) is 0.163. The summed E-state index contributed by atoms with van der Waals surface area (Å²) in [5.74, 6) is 0.715. The molecule has 0 amide bonds. The molecule has 45 heavy (non-hydrogen) atoms. The Labute approximate surface area is 282 Å². The summed E-state index contributed by atoms with van der Waals surface area (Å²) in [4.78, 5) is 0. The Hall–Kier alpha value is -3.72. The van der Waals surface area contributed by atoms with Crippen molar-refractivity contribution in [3.05, 3.63) is 164 Å². The Balaban J connectivity index is 1.26. The molecule has 2 heteroatoms. The van der Waals surface area contributed by atoms with Gasteiger partial charge in [0.1, 0.15) is 0 Å².